The Hall–Kier alpha value is -2.51. The molecule has 6 nitrogen and oxygen atoms in total. The van der Waals surface area contributed by atoms with Gasteiger partial charge in [-0.05, 0) is 36.4 Å². The number of ether oxygens (including phenoxy) is 2. The Morgan fingerprint density at radius 2 is 2.04 bits per heavy atom. The summed E-state index contributed by atoms with van der Waals surface area (Å²) in [6, 6.07) is 15.0. The van der Waals surface area contributed by atoms with Crippen LogP contribution in [0.25, 0.3) is 17.1 Å². The van der Waals surface area contributed by atoms with Crippen LogP contribution in [0.15, 0.2) is 53.7 Å². The molecule has 0 aliphatic carbocycles. The molecule has 2 aromatic carbocycles. The summed E-state index contributed by atoms with van der Waals surface area (Å²) in [6.45, 7) is 0.439. The van der Waals surface area contributed by atoms with E-state index < -0.39 is 0 Å². The first kappa shape index (κ1) is 17.9. The van der Waals surface area contributed by atoms with Gasteiger partial charge in [-0.1, -0.05) is 35.5 Å². The molecule has 1 fully saturated rings. The topological polar surface area (TPSA) is 66.2 Å². The summed E-state index contributed by atoms with van der Waals surface area (Å²) in [4.78, 5) is 11.9. The Kier molecular flexibility index (Phi) is 5.05. The lowest BCUT2D eigenvalue weighted by Gasteiger charge is -2.12. The molecule has 0 saturated carbocycles. The first-order chi connectivity index (χ1) is 13.2. The number of hydrogen-bond acceptors (Lipinski definition) is 6. The van der Waals surface area contributed by atoms with E-state index in [1.807, 2.05) is 53.1 Å². The molecule has 1 aliphatic heterocycles. The lowest BCUT2D eigenvalue weighted by molar-refractivity contribution is -0.137. The number of halogens is 1. The number of aromatic nitrogens is 3. The molecular formula is C19H16ClN3O3S. The quantitative estimate of drug-likeness (QED) is 0.602. The number of esters is 1. The number of cyclic esters (lactones) is 1. The molecule has 0 radical (unpaired) electrons. The van der Waals surface area contributed by atoms with Crippen molar-refractivity contribution in [3.63, 3.8) is 0 Å². The van der Waals surface area contributed by atoms with Crippen molar-refractivity contribution in [1.29, 1.82) is 0 Å². The maximum absolute atomic E-state index is 11.9. The number of carbonyl (C=O) groups excluding carboxylic acids is 1. The van der Waals surface area contributed by atoms with Crippen LogP contribution in [0.3, 0.4) is 0 Å². The van der Waals surface area contributed by atoms with Crippen molar-refractivity contribution in [2.24, 2.45) is 0 Å². The van der Waals surface area contributed by atoms with Crippen LogP contribution in [-0.2, 0) is 9.53 Å². The first-order valence-electron chi connectivity index (χ1n) is 8.35. The van der Waals surface area contributed by atoms with Gasteiger partial charge in [0, 0.05) is 22.7 Å². The van der Waals surface area contributed by atoms with Gasteiger partial charge in [0.05, 0.1) is 13.7 Å². The second-order valence-corrected chi connectivity index (χ2v) is 7.52. The molecule has 1 saturated heterocycles. The molecule has 0 amide bonds. The summed E-state index contributed by atoms with van der Waals surface area (Å²) < 4.78 is 12.3. The van der Waals surface area contributed by atoms with Gasteiger partial charge in [0.1, 0.15) is 11.0 Å². The van der Waals surface area contributed by atoms with Gasteiger partial charge in [0.15, 0.2) is 11.0 Å². The van der Waals surface area contributed by atoms with Crippen molar-refractivity contribution in [2.75, 3.05) is 13.7 Å². The third-order valence-electron chi connectivity index (χ3n) is 4.18. The summed E-state index contributed by atoms with van der Waals surface area (Å²) in [5.74, 6) is 1.17. The van der Waals surface area contributed by atoms with Crippen molar-refractivity contribution >= 4 is 29.3 Å². The molecule has 0 bridgehead atoms. The second kappa shape index (κ2) is 7.62. The lowest BCUT2D eigenvalue weighted by atomic mass is 10.2. The van der Waals surface area contributed by atoms with E-state index >= 15 is 0 Å². The van der Waals surface area contributed by atoms with E-state index in [9.17, 15) is 4.79 Å². The van der Waals surface area contributed by atoms with Crippen molar-refractivity contribution in [3.05, 3.63) is 53.6 Å². The minimum Gasteiger partial charge on any atom is -0.497 e. The Balaban J connectivity index is 1.81. The lowest BCUT2D eigenvalue weighted by Crippen LogP contribution is -2.11. The molecule has 0 unspecified atom stereocenters. The maximum Gasteiger partial charge on any atom is 0.319 e. The fourth-order valence-corrected chi connectivity index (χ4v) is 3.97. The molecule has 27 heavy (non-hydrogen) atoms. The minimum absolute atomic E-state index is 0.214. The van der Waals surface area contributed by atoms with Crippen LogP contribution in [0, 0.1) is 0 Å². The zero-order chi connectivity index (χ0) is 18.8. The number of carbonyl (C=O) groups is 1. The van der Waals surface area contributed by atoms with Crippen LogP contribution < -0.4 is 4.74 Å². The van der Waals surface area contributed by atoms with Crippen molar-refractivity contribution in [2.45, 2.75) is 16.8 Å². The van der Waals surface area contributed by atoms with Crippen LogP contribution in [-0.4, -0.2) is 39.7 Å². The van der Waals surface area contributed by atoms with Gasteiger partial charge < -0.3 is 9.47 Å². The van der Waals surface area contributed by atoms with Gasteiger partial charge in [-0.2, -0.15) is 0 Å². The zero-order valence-electron chi connectivity index (χ0n) is 14.5. The summed E-state index contributed by atoms with van der Waals surface area (Å²) in [5.41, 5.74) is 1.72. The predicted octanol–water partition coefficient (Wildman–Crippen LogP) is 4.00. The molecule has 4 rings (SSSR count). The molecule has 0 spiro atoms. The molecule has 3 aromatic rings. The first-order valence-corrected chi connectivity index (χ1v) is 9.60. The highest BCUT2D eigenvalue weighted by molar-refractivity contribution is 8.00. The standard InChI is InChI=1S/C19H16ClN3O3S/c1-25-15-4-2-3-12(11-15)17-21-22-19(27-16-9-10-26-18(16)24)23(17)14-7-5-13(20)6-8-14/h2-8,11,16H,9-10H2,1H3/t16-/m0/s1. The van der Waals surface area contributed by atoms with Crippen LogP contribution in [0.1, 0.15) is 6.42 Å². The average molecular weight is 402 g/mol. The number of hydrogen-bond donors (Lipinski definition) is 0. The van der Waals surface area contributed by atoms with Crippen LogP contribution >= 0.6 is 23.4 Å². The molecule has 138 valence electrons. The molecule has 1 atom stereocenters. The SMILES string of the molecule is COc1cccc(-c2nnc(S[C@H]3CCOC3=O)n2-c2ccc(Cl)cc2)c1. The Labute approximate surface area is 165 Å². The van der Waals surface area contributed by atoms with E-state index in [-0.39, 0.29) is 11.2 Å². The van der Waals surface area contributed by atoms with Gasteiger partial charge in [-0.25, -0.2) is 0 Å². The summed E-state index contributed by atoms with van der Waals surface area (Å²) in [6.07, 6.45) is 0.658. The molecule has 2 heterocycles. The van der Waals surface area contributed by atoms with E-state index in [4.69, 9.17) is 21.1 Å². The number of thioether (sulfide) groups is 1. The number of nitrogens with zero attached hydrogens (tertiary/aromatic N) is 3. The third kappa shape index (κ3) is 3.65. The van der Waals surface area contributed by atoms with Gasteiger partial charge in [-0.15, -0.1) is 10.2 Å². The van der Waals surface area contributed by atoms with Crippen LogP contribution in [0.4, 0.5) is 0 Å². The van der Waals surface area contributed by atoms with Gasteiger partial charge in [-0.3, -0.25) is 9.36 Å². The third-order valence-corrected chi connectivity index (χ3v) is 5.62. The number of methoxy groups -OCH3 is 1. The van der Waals surface area contributed by atoms with Gasteiger partial charge in [0.25, 0.3) is 0 Å². The summed E-state index contributed by atoms with van der Waals surface area (Å²) in [5, 5.41) is 9.71. The molecule has 1 aromatic heterocycles. The van der Waals surface area contributed by atoms with E-state index in [1.165, 1.54) is 11.8 Å². The molecular weight excluding hydrogens is 386 g/mol. The summed E-state index contributed by atoms with van der Waals surface area (Å²) in [7, 11) is 1.62. The highest BCUT2D eigenvalue weighted by Gasteiger charge is 2.30. The molecule has 0 N–H and O–H groups in total. The van der Waals surface area contributed by atoms with Gasteiger partial charge in [0.2, 0.25) is 0 Å². The fourth-order valence-electron chi connectivity index (χ4n) is 2.83. The predicted molar refractivity (Wildman–Crippen MR) is 104 cm³/mol. The zero-order valence-corrected chi connectivity index (χ0v) is 16.0. The molecule has 1 aliphatic rings. The normalized spacial score (nSPS) is 16.4. The maximum atomic E-state index is 11.9. The van der Waals surface area contributed by atoms with E-state index in [0.717, 1.165) is 17.0 Å². The van der Waals surface area contributed by atoms with E-state index in [1.54, 1.807) is 7.11 Å². The van der Waals surface area contributed by atoms with Gasteiger partial charge >= 0.3 is 5.97 Å². The Bertz CT molecular complexity index is 975. The highest BCUT2D eigenvalue weighted by atomic mass is 35.5. The highest BCUT2D eigenvalue weighted by Crippen LogP contribution is 2.34. The number of rotatable bonds is 5. The Morgan fingerprint density at radius 1 is 1.22 bits per heavy atom. The number of benzene rings is 2. The smallest absolute Gasteiger partial charge is 0.319 e. The van der Waals surface area contributed by atoms with Crippen LogP contribution in [0.2, 0.25) is 5.02 Å². The van der Waals surface area contributed by atoms with E-state index in [0.29, 0.717) is 29.0 Å². The average Bonchev–Trinajstić information content (AvgIpc) is 3.29. The molecule has 8 heteroatoms. The van der Waals surface area contributed by atoms with Crippen molar-refractivity contribution in [3.8, 4) is 22.8 Å². The van der Waals surface area contributed by atoms with Crippen LogP contribution in [0.5, 0.6) is 5.75 Å². The van der Waals surface area contributed by atoms with Crippen molar-refractivity contribution in [1.82, 2.24) is 14.8 Å². The summed E-state index contributed by atoms with van der Waals surface area (Å²) >= 11 is 7.40. The fraction of sp³-hybridized carbons (Fsp3) is 0.211. The monoisotopic (exact) mass is 401 g/mol. The second-order valence-electron chi connectivity index (χ2n) is 5.91. The van der Waals surface area contributed by atoms with Crippen molar-refractivity contribution < 1.29 is 14.3 Å². The largest absolute Gasteiger partial charge is 0.497 e. The minimum atomic E-state index is -0.279. The Morgan fingerprint density at radius 3 is 2.74 bits per heavy atom. The van der Waals surface area contributed by atoms with E-state index in [2.05, 4.69) is 10.2 Å².